The van der Waals surface area contributed by atoms with Crippen molar-refractivity contribution in [3.05, 3.63) is 384 Å². The largest absolute Gasteiger partial charge is 0.310 e. The van der Waals surface area contributed by atoms with E-state index in [-0.39, 0.29) is 0 Å². The Morgan fingerprint density at radius 1 is 0.183 bits per heavy atom. The van der Waals surface area contributed by atoms with Gasteiger partial charge < -0.3 is 9.80 Å². The first-order valence-electron chi connectivity index (χ1n) is 28.4. The highest BCUT2D eigenvalue weighted by molar-refractivity contribution is 5.95. The van der Waals surface area contributed by atoms with Crippen LogP contribution in [0.1, 0.15) is 44.5 Å². The molecular weight excluding hydrogens is 989 g/mol. The van der Waals surface area contributed by atoms with Crippen LogP contribution >= 0.6 is 0 Å². The van der Waals surface area contributed by atoms with Crippen LogP contribution in [0.15, 0.2) is 340 Å². The summed E-state index contributed by atoms with van der Waals surface area (Å²) in [6, 6.07) is 125. The van der Waals surface area contributed by atoms with Crippen molar-refractivity contribution in [2.45, 2.75) is 10.8 Å². The molecular formula is C80H56N2. The monoisotopic (exact) mass is 1040 g/mol. The number of para-hydroxylation sites is 2. The van der Waals surface area contributed by atoms with E-state index in [9.17, 15) is 0 Å². The Kier molecular flexibility index (Phi) is 12.0. The predicted octanol–water partition coefficient (Wildman–Crippen LogP) is 20.7. The quantitative estimate of drug-likeness (QED) is 0.120. The van der Waals surface area contributed by atoms with Crippen LogP contribution in [0.2, 0.25) is 0 Å². The fraction of sp³-hybridized carbons (Fsp3) is 0.0250. The molecule has 0 atom stereocenters. The number of nitrogens with zero attached hydrogens (tertiary/aromatic N) is 2. The van der Waals surface area contributed by atoms with Gasteiger partial charge in [0.05, 0.1) is 16.5 Å². The molecule has 0 heterocycles. The normalized spacial score (nSPS) is 13.1. The van der Waals surface area contributed by atoms with Gasteiger partial charge in [-0.05, 0) is 156 Å². The fourth-order valence-electron chi connectivity index (χ4n) is 13.7. The predicted molar refractivity (Wildman–Crippen MR) is 341 cm³/mol. The van der Waals surface area contributed by atoms with E-state index in [4.69, 9.17) is 0 Å². The number of fused-ring (bicyclic) bond motifs is 6. The van der Waals surface area contributed by atoms with Crippen molar-refractivity contribution >= 4 is 34.1 Å². The van der Waals surface area contributed by atoms with Crippen LogP contribution in [0.25, 0.3) is 44.5 Å². The molecule has 0 aromatic heterocycles. The Morgan fingerprint density at radius 2 is 0.512 bits per heavy atom. The van der Waals surface area contributed by atoms with Crippen molar-refractivity contribution in [1.29, 1.82) is 0 Å². The first-order chi connectivity index (χ1) is 40.7. The molecule has 0 spiro atoms. The molecule has 386 valence electrons. The zero-order valence-corrected chi connectivity index (χ0v) is 45.2. The smallest absolute Gasteiger partial charge is 0.0713 e. The molecule has 15 rings (SSSR count). The summed E-state index contributed by atoms with van der Waals surface area (Å²) >= 11 is 0. The molecule has 0 radical (unpaired) electrons. The van der Waals surface area contributed by atoms with Gasteiger partial charge in [0.1, 0.15) is 0 Å². The Labute approximate surface area is 480 Å². The van der Waals surface area contributed by atoms with Gasteiger partial charge >= 0.3 is 0 Å². The molecule has 0 saturated carbocycles. The summed E-state index contributed by atoms with van der Waals surface area (Å²) in [4.78, 5) is 4.84. The molecule has 2 heteroatoms. The van der Waals surface area contributed by atoms with E-state index >= 15 is 0 Å². The van der Waals surface area contributed by atoms with Crippen molar-refractivity contribution in [1.82, 2.24) is 0 Å². The third kappa shape index (κ3) is 7.79. The number of benzene rings is 13. The molecule has 0 unspecified atom stereocenters. The second-order valence-electron chi connectivity index (χ2n) is 21.5. The van der Waals surface area contributed by atoms with Gasteiger partial charge in [0, 0.05) is 34.0 Å². The summed E-state index contributed by atoms with van der Waals surface area (Å²) in [5.74, 6) is 0. The lowest BCUT2D eigenvalue weighted by Gasteiger charge is -2.34. The Balaban J connectivity index is 0.846. The lowest BCUT2D eigenvalue weighted by atomic mass is 9.68. The zero-order valence-electron chi connectivity index (χ0n) is 45.2. The second-order valence-corrected chi connectivity index (χ2v) is 21.5. The van der Waals surface area contributed by atoms with E-state index < -0.39 is 10.8 Å². The number of hydrogen-bond acceptors (Lipinski definition) is 2. The van der Waals surface area contributed by atoms with Gasteiger partial charge in [-0.3, -0.25) is 0 Å². The number of anilines is 6. The number of hydrogen-bond donors (Lipinski definition) is 0. The molecule has 2 nitrogen and oxygen atoms in total. The van der Waals surface area contributed by atoms with Gasteiger partial charge in [-0.15, -0.1) is 0 Å². The highest BCUT2D eigenvalue weighted by Gasteiger charge is 2.47. The summed E-state index contributed by atoms with van der Waals surface area (Å²) in [5.41, 5.74) is 25.3. The molecule has 0 fully saturated rings. The highest BCUT2D eigenvalue weighted by Crippen LogP contribution is 2.59. The van der Waals surface area contributed by atoms with Crippen molar-refractivity contribution in [3.63, 3.8) is 0 Å². The van der Waals surface area contributed by atoms with E-state index in [0.717, 1.165) is 56.4 Å². The molecule has 0 saturated heterocycles. The van der Waals surface area contributed by atoms with Crippen LogP contribution in [0, 0.1) is 0 Å². The van der Waals surface area contributed by atoms with E-state index in [0.29, 0.717) is 0 Å². The average Bonchev–Trinajstić information content (AvgIpc) is 4.19. The average molecular weight is 1050 g/mol. The number of rotatable bonds is 12. The van der Waals surface area contributed by atoms with Gasteiger partial charge in [-0.25, -0.2) is 0 Å². The van der Waals surface area contributed by atoms with E-state index in [2.05, 4.69) is 350 Å². The Morgan fingerprint density at radius 3 is 0.963 bits per heavy atom. The van der Waals surface area contributed by atoms with Crippen LogP contribution in [-0.4, -0.2) is 0 Å². The van der Waals surface area contributed by atoms with Crippen LogP contribution in [0.4, 0.5) is 34.1 Å². The molecule has 0 N–H and O–H groups in total. The van der Waals surface area contributed by atoms with Gasteiger partial charge in [0.2, 0.25) is 0 Å². The Bertz CT molecular complexity index is 4330. The third-order valence-electron chi connectivity index (χ3n) is 17.2. The standard InChI is InChI=1S/C80H56N2/c1-8-26-58(27-9-1)71-54-59(46-53-78(71)82(65-38-20-7-21-39-65)68-50-52-77-73(56-68)70-41-23-25-43-75(70)80(77,62-32-14-4-15-33-62)63-34-16-5-17-35-63)57-44-47-66(48-45-57)81(64-36-18-6-19-37-64)67-49-51-76-72(55-67)69-40-22-24-42-74(69)79(76,60-28-10-2-11-29-60)61-30-12-3-13-31-61/h1-56H. The van der Waals surface area contributed by atoms with Crippen LogP contribution in [-0.2, 0) is 10.8 Å². The zero-order chi connectivity index (χ0) is 54.5. The van der Waals surface area contributed by atoms with Gasteiger partial charge in [-0.2, -0.15) is 0 Å². The maximum absolute atomic E-state index is 2.44. The molecule has 13 aromatic carbocycles. The molecule has 2 aliphatic rings. The molecule has 0 aliphatic heterocycles. The summed E-state index contributed by atoms with van der Waals surface area (Å²) in [6.07, 6.45) is 0. The fourth-order valence-corrected chi connectivity index (χ4v) is 13.7. The summed E-state index contributed by atoms with van der Waals surface area (Å²) in [5, 5.41) is 0. The van der Waals surface area contributed by atoms with E-state index in [1.54, 1.807) is 0 Å². The molecule has 0 amide bonds. The van der Waals surface area contributed by atoms with Crippen molar-refractivity contribution in [3.8, 4) is 44.5 Å². The minimum absolute atomic E-state index is 0.468. The van der Waals surface area contributed by atoms with Crippen molar-refractivity contribution in [2.24, 2.45) is 0 Å². The van der Waals surface area contributed by atoms with Crippen LogP contribution in [0.5, 0.6) is 0 Å². The molecule has 0 bridgehead atoms. The van der Waals surface area contributed by atoms with Crippen LogP contribution < -0.4 is 9.80 Å². The lowest BCUT2D eigenvalue weighted by molar-refractivity contribution is 0.768. The van der Waals surface area contributed by atoms with Crippen molar-refractivity contribution in [2.75, 3.05) is 9.80 Å². The lowest BCUT2D eigenvalue weighted by Crippen LogP contribution is -2.28. The Hall–Kier alpha value is -10.5. The topological polar surface area (TPSA) is 6.48 Å². The van der Waals surface area contributed by atoms with Gasteiger partial charge in [-0.1, -0.05) is 267 Å². The van der Waals surface area contributed by atoms with Crippen molar-refractivity contribution < 1.29 is 0 Å². The van der Waals surface area contributed by atoms with Crippen LogP contribution in [0.3, 0.4) is 0 Å². The maximum atomic E-state index is 2.44. The SMILES string of the molecule is c1ccc(-c2cc(-c3ccc(N(c4ccccc4)c4ccc5c(c4)-c4ccccc4C5(c4ccccc4)c4ccccc4)cc3)ccc2N(c2ccccc2)c2ccc3c(c2)-c2ccccc2C3(c2ccccc2)c2ccccc2)cc1. The molecule has 2 aliphatic carbocycles. The second kappa shape index (κ2) is 20.3. The summed E-state index contributed by atoms with van der Waals surface area (Å²) in [7, 11) is 0. The van der Waals surface area contributed by atoms with Gasteiger partial charge in [0.15, 0.2) is 0 Å². The summed E-state index contributed by atoms with van der Waals surface area (Å²) < 4.78 is 0. The third-order valence-corrected chi connectivity index (χ3v) is 17.2. The van der Waals surface area contributed by atoms with Gasteiger partial charge in [0.25, 0.3) is 0 Å². The van der Waals surface area contributed by atoms with E-state index in [1.165, 1.54) is 66.8 Å². The first-order valence-corrected chi connectivity index (χ1v) is 28.4. The minimum Gasteiger partial charge on any atom is -0.310 e. The molecule has 82 heavy (non-hydrogen) atoms. The maximum Gasteiger partial charge on any atom is 0.0713 e. The summed E-state index contributed by atoms with van der Waals surface area (Å²) in [6.45, 7) is 0. The van der Waals surface area contributed by atoms with E-state index in [1.807, 2.05) is 0 Å². The first kappa shape index (κ1) is 48.6. The minimum atomic E-state index is -0.486. The highest BCUT2D eigenvalue weighted by atomic mass is 15.1. The molecule has 13 aromatic rings.